The predicted molar refractivity (Wildman–Crippen MR) is 125 cm³/mol. The minimum atomic E-state index is -0.770. The number of anilines is 1. The van der Waals surface area contributed by atoms with Crippen LogP contribution in [0.25, 0.3) is 0 Å². The molecule has 1 aromatic rings. The largest absolute Gasteiger partial charge is 0.481 e. The number of benzene rings is 1. The number of thioether (sulfide) groups is 2. The number of nitrogens with zero attached hydrogens (tertiary/aromatic N) is 2. The lowest BCUT2D eigenvalue weighted by Crippen LogP contribution is -2.31. The third-order valence-electron chi connectivity index (χ3n) is 4.36. The lowest BCUT2D eigenvalue weighted by molar-refractivity contribution is -0.137. The zero-order valence-corrected chi connectivity index (χ0v) is 19.2. The van der Waals surface area contributed by atoms with Crippen LogP contribution in [0.4, 0.5) is 5.69 Å². The second kappa shape index (κ2) is 12.2. The molecule has 0 spiro atoms. The van der Waals surface area contributed by atoms with Crippen LogP contribution in [-0.2, 0) is 14.3 Å². The fourth-order valence-electron chi connectivity index (χ4n) is 2.95. The molecule has 0 saturated carbocycles. The molecule has 2 heterocycles. The highest BCUT2D eigenvalue weighted by Crippen LogP contribution is 2.37. The Balaban J connectivity index is 0.00000320. The number of rotatable bonds is 10. The van der Waals surface area contributed by atoms with E-state index in [1.54, 1.807) is 11.8 Å². The number of aliphatic carboxylic acids is 1. The fraction of sp³-hybridized carbons (Fsp3) is 0.450. The Bertz CT molecular complexity index is 815. The van der Waals surface area contributed by atoms with Crippen LogP contribution in [0.5, 0.6) is 0 Å². The molecule has 0 atom stereocenters. The molecule has 10 heteroatoms. The number of carbonyl (C=O) groups excluding carboxylic acids is 1. The van der Waals surface area contributed by atoms with Gasteiger partial charge in [-0.15, -0.1) is 24.2 Å². The van der Waals surface area contributed by atoms with Gasteiger partial charge in [-0.1, -0.05) is 0 Å². The highest BCUT2D eigenvalue weighted by atomic mass is 35.5. The van der Waals surface area contributed by atoms with E-state index in [-0.39, 0.29) is 24.7 Å². The first kappa shape index (κ1) is 24.6. The number of hydrogen-bond donors (Lipinski definition) is 2. The van der Waals surface area contributed by atoms with Gasteiger partial charge >= 0.3 is 5.97 Å². The Morgan fingerprint density at radius 2 is 2.10 bits per heavy atom. The van der Waals surface area contributed by atoms with Crippen molar-refractivity contribution in [3.63, 3.8) is 0 Å². The SMILES string of the molecule is CCOCC1=C(C(=O)Nc2ccc(SCCCC(=O)O)cc2)SC2=NCCCN21.Cl. The van der Waals surface area contributed by atoms with Crippen LogP contribution in [0.15, 0.2) is 44.8 Å². The van der Waals surface area contributed by atoms with Crippen LogP contribution in [0.2, 0.25) is 0 Å². The molecule has 3 rings (SSSR count). The van der Waals surface area contributed by atoms with Crippen LogP contribution in [0.3, 0.4) is 0 Å². The average Bonchev–Trinajstić information content (AvgIpc) is 3.09. The number of carboxylic acid groups (broad SMARTS) is 1. The van der Waals surface area contributed by atoms with Gasteiger partial charge in [-0.2, -0.15) is 0 Å². The van der Waals surface area contributed by atoms with Gasteiger partial charge in [0.1, 0.15) is 4.91 Å². The van der Waals surface area contributed by atoms with Gasteiger partial charge in [0.05, 0.1) is 12.3 Å². The number of carboxylic acids is 1. The summed E-state index contributed by atoms with van der Waals surface area (Å²) in [7, 11) is 0. The summed E-state index contributed by atoms with van der Waals surface area (Å²) in [5, 5.41) is 12.5. The monoisotopic (exact) mass is 471 g/mol. The first-order valence-corrected chi connectivity index (χ1v) is 11.5. The minimum Gasteiger partial charge on any atom is -0.481 e. The standard InChI is InChI=1S/C20H25N3O4S2.ClH/c1-2-27-13-16-18(29-20-21-10-4-11-23(16)20)19(26)22-14-6-8-15(9-7-14)28-12-3-5-17(24)25;/h6-9H,2-5,10-13H2,1H3,(H,22,26)(H,24,25);1H. The molecule has 0 aliphatic carbocycles. The summed E-state index contributed by atoms with van der Waals surface area (Å²) in [6.45, 7) is 4.58. The lowest BCUT2D eigenvalue weighted by Gasteiger charge is -2.25. The molecule has 0 bridgehead atoms. The Morgan fingerprint density at radius 3 is 2.80 bits per heavy atom. The number of nitrogens with one attached hydrogen (secondary N) is 1. The van der Waals surface area contributed by atoms with Gasteiger partial charge in [-0.3, -0.25) is 14.6 Å². The van der Waals surface area contributed by atoms with E-state index in [0.29, 0.717) is 24.5 Å². The van der Waals surface area contributed by atoms with Gasteiger partial charge in [-0.05, 0) is 61.5 Å². The third-order valence-corrected chi connectivity index (χ3v) is 6.62. The molecule has 2 aliphatic rings. The van der Waals surface area contributed by atoms with Gasteiger partial charge in [0.25, 0.3) is 5.91 Å². The van der Waals surface area contributed by atoms with Crippen LogP contribution < -0.4 is 5.32 Å². The van der Waals surface area contributed by atoms with Gasteiger partial charge in [0, 0.05) is 36.7 Å². The summed E-state index contributed by atoms with van der Waals surface area (Å²) in [5.41, 5.74) is 1.61. The molecule has 1 amide bonds. The molecule has 30 heavy (non-hydrogen) atoms. The van der Waals surface area contributed by atoms with E-state index >= 15 is 0 Å². The molecule has 0 aromatic heterocycles. The zero-order valence-electron chi connectivity index (χ0n) is 16.8. The summed E-state index contributed by atoms with van der Waals surface area (Å²) in [5.74, 6) is -0.169. The Morgan fingerprint density at radius 1 is 1.33 bits per heavy atom. The fourth-order valence-corrected chi connectivity index (χ4v) is 4.88. The normalized spacial score (nSPS) is 15.4. The van der Waals surface area contributed by atoms with Crippen molar-refractivity contribution >= 4 is 58.7 Å². The zero-order chi connectivity index (χ0) is 20.6. The molecular weight excluding hydrogens is 446 g/mol. The van der Waals surface area contributed by atoms with E-state index in [1.807, 2.05) is 31.2 Å². The van der Waals surface area contributed by atoms with E-state index < -0.39 is 5.97 Å². The van der Waals surface area contributed by atoms with Crippen molar-refractivity contribution < 1.29 is 19.4 Å². The van der Waals surface area contributed by atoms with Crippen LogP contribution in [0, 0.1) is 0 Å². The number of fused-ring (bicyclic) bond motifs is 1. The number of ether oxygens (including phenoxy) is 1. The second-order valence-electron chi connectivity index (χ2n) is 6.51. The van der Waals surface area contributed by atoms with Crippen molar-refractivity contribution in [1.82, 2.24) is 4.90 Å². The van der Waals surface area contributed by atoms with Gasteiger partial charge < -0.3 is 20.1 Å². The summed E-state index contributed by atoms with van der Waals surface area (Å²) in [4.78, 5) is 31.8. The molecule has 1 aromatic carbocycles. The lowest BCUT2D eigenvalue weighted by atomic mass is 10.2. The number of carbonyl (C=O) groups is 2. The summed E-state index contributed by atoms with van der Waals surface area (Å²) < 4.78 is 5.59. The molecular formula is C20H26ClN3O4S2. The number of amidine groups is 1. The van der Waals surface area contributed by atoms with Crippen molar-refractivity contribution in [3.05, 3.63) is 34.9 Å². The van der Waals surface area contributed by atoms with Crippen LogP contribution >= 0.6 is 35.9 Å². The van der Waals surface area contributed by atoms with E-state index in [0.717, 1.165) is 46.7 Å². The number of amides is 1. The van der Waals surface area contributed by atoms with Crippen molar-refractivity contribution in [2.75, 3.05) is 37.4 Å². The molecule has 7 nitrogen and oxygen atoms in total. The van der Waals surface area contributed by atoms with Crippen LogP contribution in [-0.4, -0.2) is 59.1 Å². The smallest absolute Gasteiger partial charge is 0.303 e. The molecule has 0 unspecified atom stereocenters. The molecule has 164 valence electrons. The summed E-state index contributed by atoms with van der Waals surface area (Å²) >= 11 is 3.02. The number of halogens is 1. The van der Waals surface area contributed by atoms with E-state index in [4.69, 9.17) is 9.84 Å². The highest BCUT2D eigenvalue weighted by Gasteiger charge is 2.34. The van der Waals surface area contributed by atoms with E-state index in [1.165, 1.54) is 11.8 Å². The van der Waals surface area contributed by atoms with Gasteiger partial charge in [0.15, 0.2) is 5.17 Å². The van der Waals surface area contributed by atoms with Crippen LogP contribution in [0.1, 0.15) is 26.2 Å². The maximum Gasteiger partial charge on any atom is 0.303 e. The van der Waals surface area contributed by atoms with Gasteiger partial charge in [-0.25, -0.2) is 0 Å². The number of aliphatic imine (C=N–C) groups is 1. The summed E-state index contributed by atoms with van der Waals surface area (Å²) in [6.07, 6.45) is 1.79. The Kier molecular flexibility index (Phi) is 10.0. The molecule has 0 radical (unpaired) electrons. The predicted octanol–water partition coefficient (Wildman–Crippen LogP) is 4.06. The topological polar surface area (TPSA) is 91.2 Å². The first-order valence-electron chi connectivity index (χ1n) is 9.65. The Labute approximate surface area is 191 Å². The second-order valence-corrected chi connectivity index (χ2v) is 8.65. The maximum atomic E-state index is 12.9. The molecule has 2 N–H and O–H groups in total. The third kappa shape index (κ3) is 6.66. The van der Waals surface area contributed by atoms with E-state index in [2.05, 4.69) is 15.2 Å². The van der Waals surface area contributed by atoms with Gasteiger partial charge in [0.2, 0.25) is 0 Å². The quantitative estimate of drug-likeness (QED) is 0.392. The van der Waals surface area contributed by atoms with Crippen molar-refractivity contribution in [2.24, 2.45) is 4.99 Å². The average molecular weight is 472 g/mol. The maximum absolute atomic E-state index is 12.9. The van der Waals surface area contributed by atoms with E-state index in [9.17, 15) is 9.59 Å². The van der Waals surface area contributed by atoms with Crippen molar-refractivity contribution in [1.29, 1.82) is 0 Å². The van der Waals surface area contributed by atoms with Crippen molar-refractivity contribution in [2.45, 2.75) is 31.1 Å². The Hall–Kier alpha value is -1.68. The first-order chi connectivity index (χ1) is 14.1. The highest BCUT2D eigenvalue weighted by molar-refractivity contribution is 8.18. The number of hydrogen-bond acceptors (Lipinski definition) is 7. The minimum absolute atomic E-state index is 0. The van der Waals surface area contributed by atoms with Crippen molar-refractivity contribution in [3.8, 4) is 0 Å². The summed E-state index contributed by atoms with van der Waals surface area (Å²) in [6, 6.07) is 7.60. The molecule has 0 fully saturated rings. The molecule has 2 aliphatic heterocycles. The molecule has 0 saturated heterocycles.